The number of aryl methyl sites for hydroxylation is 1. The number of hydrogen-bond acceptors (Lipinski definition) is 3. The van der Waals surface area contributed by atoms with E-state index in [1.165, 1.54) is 11.1 Å². The number of unbranched alkanes of at least 4 members (excludes halogenated alkanes) is 2. The third-order valence-corrected chi connectivity index (χ3v) is 5.87. The van der Waals surface area contributed by atoms with Crippen molar-refractivity contribution in [3.8, 4) is 11.5 Å². The van der Waals surface area contributed by atoms with Gasteiger partial charge in [0, 0.05) is 18.7 Å². The van der Waals surface area contributed by atoms with E-state index >= 15 is 0 Å². The first-order valence-electron chi connectivity index (χ1n) is 11.5. The smallest absolute Gasteiger partial charge is 0.257 e. The van der Waals surface area contributed by atoms with E-state index in [1.807, 2.05) is 4.90 Å². The van der Waals surface area contributed by atoms with Gasteiger partial charge in [0.05, 0.1) is 5.56 Å². The Morgan fingerprint density at radius 3 is 2.43 bits per heavy atom. The lowest BCUT2D eigenvalue weighted by atomic mass is 9.94. The molecule has 0 atom stereocenters. The minimum Gasteiger partial charge on any atom is -0.508 e. The highest BCUT2D eigenvalue weighted by Gasteiger charge is 2.27. The molecule has 30 heavy (non-hydrogen) atoms. The van der Waals surface area contributed by atoms with Crippen LogP contribution >= 0.6 is 0 Å². The van der Waals surface area contributed by atoms with Gasteiger partial charge in [-0.3, -0.25) is 4.79 Å². The van der Waals surface area contributed by atoms with Crippen LogP contribution < -0.4 is 0 Å². The number of nitrogens with zero attached hydrogens (tertiary/aromatic N) is 1. The van der Waals surface area contributed by atoms with Crippen LogP contribution in [0.3, 0.4) is 0 Å². The van der Waals surface area contributed by atoms with Crippen molar-refractivity contribution in [1.82, 2.24) is 4.90 Å². The molecular formula is C26H39NO3. The number of phenols is 2. The fourth-order valence-electron chi connectivity index (χ4n) is 4.00. The van der Waals surface area contributed by atoms with E-state index in [0.29, 0.717) is 24.0 Å². The summed E-state index contributed by atoms with van der Waals surface area (Å²) in [6.45, 7) is 9.88. The van der Waals surface area contributed by atoms with Gasteiger partial charge in [-0.05, 0) is 77.3 Å². The zero-order valence-corrected chi connectivity index (χ0v) is 19.3. The maximum Gasteiger partial charge on any atom is 0.257 e. The van der Waals surface area contributed by atoms with E-state index in [4.69, 9.17) is 0 Å². The second-order valence-electron chi connectivity index (χ2n) is 8.79. The highest BCUT2D eigenvalue weighted by Crippen LogP contribution is 2.36. The fourth-order valence-corrected chi connectivity index (χ4v) is 4.00. The number of allylic oxidation sites excluding steroid dienone is 4. The molecule has 0 aliphatic carbocycles. The number of carbonyl (C=O) groups is 1. The van der Waals surface area contributed by atoms with Crippen LogP contribution in [0.5, 0.6) is 11.5 Å². The SMILES string of the molecule is CCCCCc1cc(O)c(CC=C(C)CCC=C(C)C)c(O)c1C(=O)N1CCCC1. The summed E-state index contributed by atoms with van der Waals surface area (Å²) in [7, 11) is 0. The highest BCUT2D eigenvalue weighted by molar-refractivity contribution is 5.99. The normalized spacial score (nSPS) is 14.3. The van der Waals surface area contributed by atoms with E-state index in [-0.39, 0.29) is 17.4 Å². The van der Waals surface area contributed by atoms with E-state index in [1.54, 1.807) is 6.07 Å². The standard InChI is InChI=1S/C26H39NO3/c1-5-6-7-13-21-18-23(28)22(15-14-20(4)12-10-11-19(2)3)25(29)24(21)26(30)27-16-8-9-17-27/h11,14,18,28-29H,5-10,12-13,15-17H2,1-4H3. The molecule has 1 aromatic carbocycles. The second-order valence-corrected chi connectivity index (χ2v) is 8.79. The van der Waals surface area contributed by atoms with E-state index < -0.39 is 0 Å². The first-order chi connectivity index (χ1) is 14.3. The summed E-state index contributed by atoms with van der Waals surface area (Å²) in [6, 6.07) is 1.71. The number of amides is 1. The van der Waals surface area contributed by atoms with E-state index in [0.717, 1.165) is 63.6 Å². The number of likely N-dealkylation sites (tertiary alicyclic amines) is 1. The first-order valence-corrected chi connectivity index (χ1v) is 11.5. The molecule has 1 aliphatic rings. The van der Waals surface area contributed by atoms with Gasteiger partial charge in [-0.2, -0.15) is 0 Å². The van der Waals surface area contributed by atoms with Crippen molar-refractivity contribution in [3.63, 3.8) is 0 Å². The summed E-state index contributed by atoms with van der Waals surface area (Å²) in [5.74, 6) is -0.0425. The van der Waals surface area contributed by atoms with Crippen molar-refractivity contribution < 1.29 is 15.0 Å². The summed E-state index contributed by atoms with van der Waals surface area (Å²) in [6.07, 6.45) is 12.4. The number of rotatable bonds is 10. The molecule has 1 aromatic rings. The van der Waals surface area contributed by atoms with Gasteiger partial charge in [0.2, 0.25) is 0 Å². The van der Waals surface area contributed by atoms with Crippen LogP contribution in [0.25, 0.3) is 0 Å². The average molecular weight is 414 g/mol. The Morgan fingerprint density at radius 2 is 1.80 bits per heavy atom. The van der Waals surface area contributed by atoms with Crippen LogP contribution in [0.2, 0.25) is 0 Å². The lowest BCUT2D eigenvalue weighted by molar-refractivity contribution is 0.0788. The van der Waals surface area contributed by atoms with Gasteiger partial charge in [-0.15, -0.1) is 0 Å². The van der Waals surface area contributed by atoms with E-state index in [9.17, 15) is 15.0 Å². The monoisotopic (exact) mass is 413 g/mol. The molecule has 166 valence electrons. The number of benzene rings is 1. The molecule has 0 unspecified atom stereocenters. The molecule has 0 aromatic heterocycles. The first kappa shape index (κ1) is 24.0. The van der Waals surface area contributed by atoms with Crippen LogP contribution in [-0.2, 0) is 12.8 Å². The van der Waals surface area contributed by atoms with Crippen LogP contribution in [0.15, 0.2) is 29.4 Å². The molecule has 1 saturated heterocycles. The van der Waals surface area contributed by atoms with Crippen LogP contribution in [-0.4, -0.2) is 34.1 Å². The van der Waals surface area contributed by atoms with Crippen molar-refractivity contribution in [2.75, 3.05) is 13.1 Å². The highest BCUT2D eigenvalue weighted by atomic mass is 16.3. The number of aromatic hydroxyl groups is 2. The minimum atomic E-state index is -0.0954. The summed E-state index contributed by atoms with van der Waals surface area (Å²) < 4.78 is 0. The maximum absolute atomic E-state index is 13.2. The largest absolute Gasteiger partial charge is 0.508 e. The maximum atomic E-state index is 13.2. The molecule has 0 bridgehead atoms. The molecule has 4 nitrogen and oxygen atoms in total. The average Bonchev–Trinajstić information content (AvgIpc) is 3.22. The molecule has 1 aliphatic heterocycles. The molecule has 0 radical (unpaired) electrons. The Morgan fingerprint density at radius 1 is 1.10 bits per heavy atom. The summed E-state index contributed by atoms with van der Waals surface area (Å²) in [4.78, 5) is 15.0. The number of phenolic OH excluding ortho intramolecular Hbond substituents is 2. The van der Waals surface area contributed by atoms with Gasteiger partial charge >= 0.3 is 0 Å². The Balaban J connectivity index is 2.30. The van der Waals surface area contributed by atoms with Crippen LogP contribution in [0, 0.1) is 0 Å². The molecule has 0 spiro atoms. The molecule has 2 N–H and O–H groups in total. The molecule has 1 fully saturated rings. The Bertz CT molecular complexity index is 782. The van der Waals surface area contributed by atoms with Gasteiger partial charge in [0.1, 0.15) is 11.5 Å². The van der Waals surface area contributed by atoms with Gasteiger partial charge in [0.15, 0.2) is 0 Å². The molecule has 1 amide bonds. The zero-order chi connectivity index (χ0) is 22.1. The van der Waals surface area contributed by atoms with Crippen molar-refractivity contribution in [3.05, 3.63) is 46.1 Å². The van der Waals surface area contributed by atoms with Gasteiger partial charge in [0.25, 0.3) is 5.91 Å². The predicted octanol–water partition coefficient (Wildman–Crippen LogP) is 6.30. The van der Waals surface area contributed by atoms with Gasteiger partial charge < -0.3 is 15.1 Å². The number of carbonyl (C=O) groups excluding carboxylic acids is 1. The Labute approximate surface area is 182 Å². The van der Waals surface area contributed by atoms with Crippen molar-refractivity contribution in [2.24, 2.45) is 0 Å². The van der Waals surface area contributed by atoms with Crippen LogP contribution in [0.1, 0.15) is 94.1 Å². The Kier molecular flexibility index (Phi) is 9.48. The van der Waals surface area contributed by atoms with Crippen molar-refractivity contribution >= 4 is 5.91 Å². The third kappa shape index (κ3) is 6.65. The lowest BCUT2D eigenvalue weighted by Gasteiger charge is -2.21. The fraction of sp³-hybridized carbons (Fsp3) is 0.577. The van der Waals surface area contributed by atoms with Crippen molar-refractivity contribution in [1.29, 1.82) is 0 Å². The predicted molar refractivity (Wildman–Crippen MR) is 124 cm³/mol. The third-order valence-electron chi connectivity index (χ3n) is 5.87. The molecule has 4 heteroatoms. The Hall–Kier alpha value is -2.23. The molecule has 2 rings (SSSR count). The summed E-state index contributed by atoms with van der Waals surface area (Å²) >= 11 is 0. The molecule has 0 saturated carbocycles. The van der Waals surface area contributed by atoms with E-state index in [2.05, 4.69) is 39.8 Å². The van der Waals surface area contributed by atoms with Gasteiger partial charge in [-0.1, -0.05) is 43.1 Å². The minimum absolute atomic E-state index is 0.0354. The lowest BCUT2D eigenvalue weighted by Crippen LogP contribution is -2.28. The molecular weight excluding hydrogens is 374 g/mol. The quantitative estimate of drug-likeness (QED) is 0.349. The van der Waals surface area contributed by atoms with Gasteiger partial charge in [-0.25, -0.2) is 0 Å². The molecule has 1 heterocycles. The number of hydrogen-bond donors (Lipinski definition) is 2. The second kappa shape index (κ2) is 11.8. The summed E-state index contributed by atoms with van der Waals surface area (Å²) in [5, 5.41) is 21.7. The zero-order valence-electron chi connectivity index (χ0n) is 19.3. The van der Waals surface area contributed by atoms with Crippen molar-refractivity contribution in [2.45, 2.75) is 85.5 Å². The topological polar surface area (TPSA) is 60.8 Å². The van der Waals surface area contributed by atoms with Crippen LogP contribution in [0.4, 0.5) is 0 Å². The summed E-state index contributed by atoms with van der Waals surface area (Å²) in [5.41, 5.74) is 4.14.